The van der Waals surface area contributed by atoms with E-state index in [-0.39, 0.29) is 0 Å². The summed E-state index contributed by atoms with van der Waals surface area (Å²) in [5.74, 6) is -0.385. The standard InChI is InChI=1S/C18H27NO3/c1-7-9-16(13(3)4)19-17(18(20)21)12-14(5)10-11-15(6)22-8-2/h7,9-11,17,19H,5-6,8,12H2,1-4H3,(H,20,21)/b9-7-,11-10-. The molecule has 0 spiro atoms. The molecule has 2 N–H and O–H groups in total. The summed E-state index contributed by atoms with van der Waals surface area (Å²) in [6, 6.07) is -0.737. The Hall–Kier alpha value is -2.23. The molecule has 0 aromatic rings. The Morgan fingerprint density at radius 2 is 1.91 bits per heavy atom. The maximum atomic E-state index is 11.4. The third-order valence-electron chi connectivity index (χ3n) is 2.80. The lowest BCUT2D eigenvalue weighted by Gasteiger charge is -2.18. The van der Waals surface area contributed by atoms with Gasteiger partial charge in [-0.2, -0.15) is 0 Å². The molecule has 0 rings (SSSR count). The molecule has 22 heavy (non-hydrogen) atoms. The fourth-order valence-electron chi connectivity index (χ4n) is 1.69. The molecular formula is C18H27NO3. The molecule has 0 aliphatic heterocycles. The van der Waals surface area contributed by atoms with Gasteiger partial charge in [0, 0.05) is 12.1 Å². The van der Waals surface area contributed by atoms with Gasteiger partial charge in [-0.15, -0.1) is 0 Å². The number of nitrogens with one attached hydrogen (secondary N) is 1. The second kappa shape index (κ2) is 10.5. The zero-order chi connectivity index (χ0) is 17.1. The summed E-state index contributed by atoms with van der Waals surface area (Å²) in [5.41, 5.74) is 2.52. The molecular weight excluding hydrogens is 278 g/mol. The van der Waals surface area contributed by atoms with Gasteiger partial charge >= 0.3 is 5.97 Å². The van der Waals surface area contributed by atoms with Crippen LogP contribution in [-0.4, -0.2) is 23.7 Å². The van der Waals surface area contributed by atoms with E-state index < -0.39 is 12.0 Å². The molecule has 0 aromatic carbocycles. The zero-order valence-corrected chi connectivity index (χ0v) is 14.0. The molecule has 0 aliphatic carbocycles. The van der Waals surface area contributed by atoms with Gasteiger partial charge in [-0.1, -0.05) is 36.5 Å². The Bertz CT molecular complexity index is 494. The van der Waals surface area contributed by atoms with Gasteiger partial charge in [-0.05, 0) is 39.8 Å². The van der Waals surface area contributed by atoms with Crippen molar-refractivity contribution in [2.75, 3.05) is 6.61 Å². The summed E-state index contributed by atoms with van der Waals surface area (Å²) in [5, 5.41) is 12.4. The number of aliphatic carboxylic acids is 1. The quantitative estimate of drug-likeness (QED) is 0.474. The van der Waals surface area contributed by atoms with Crippen molar-refractivity contribution in [2.45, 2.75) is 40.2 Å². The lowest BCUT2D eigenvalue weighted by molar-refractivity contribution is -0.139. The van der Waals surface area contributed by atoms with Gasteiger partial charge in [0.25, 0.3) is 0 Å². The summed E-state index contributed by atoms with van der Waals surface area (Å²) in [7, 11) is 0. The van der Waals surface area contributed by atoms with Crippen LogP contribution in [0.25, 0.3) is 0 Å². The summed E-state index contributed by atoms with van der Waals surface area (Å²) in [6.07, 6.45) is 7.45. The number of carbonyl (C=O) groups is 1. The van der Waals surface area contributed by atoms with Crippen molar-refractivity contribution in [3.63, 3.8) is 0 Å². The predicted octanol–water partition coefficient (Wildman–Crippen LogP) is 3.95. The first kappa shape index (κ1) is 19.8. The Balaban J connectivity index is 4.86. The molecule has 0 aromatic heterocycles. The summed E-state index contributed by atoms with van der Waals surface area (Å²) in [6.45, 7) is 15.8. The third-order valence-corrected chi connectivity index (χ3v) is 2.80. The number of hydrogen-bond donors (Lipinski definition) is 2. The van der Waals surface area contributed by atoms with Gasteiger partial charge in [0.2, 0.25) is 0 Å². The largest absolute Gasteiger partial charge is 0.495 e. The average Bonchev–Trinajstić information content (AvgIpc) is 2.43. The molecule has 0 aliphatic rings. The summed E-state index contributed by atoms with van der Waals surface area (Å²) < 4.78 is 5.20. The van der Waals surface area contributed by atoms with Crippen molar-refractivity contribution in [2.24, 2.45) is 0 Å². The number of allylic oxidation sites excluding steroid dienone is 5. The lowest BCUT2D eigenvalue weighted by atomic mass is 10.1. The van der Waals surface area contributed by atoms with Crippen molar-refractivity contribution in [3.05, 3.63) is 60.1 Å². The SMILES string of the molecule is C=C(/C=C\C(=C)OCC)CC(NC(/C=C\C)=C(C)C)C(=O)O. The second-order valence-electron chi connectivity index (χ2n) is 5.04. The normalized spacial score (nSPS) is 12.2. The van der Waals surface area contributed by atoms with E-state index in [0.717, 1.165) is 11.3 Å². The summed E-state index contributed by atoms with van der Waals surface area (Å²) in [4.78, 5) is 11.4. The smallest absolute Gasteiger partial charge is 0.326 e. The number of hydrogen-bond acceptors (Lipinski definition) is 3. The second-order valence-corrected chi connectivity index (χ2v) is 5.04. The molecule has 1 atom stereocenters. The van der Waals surface area contributed by atoms with Crippen molar-refractivity contribution in [1.82, 2.24) is 5.32 Å². The highest BCUT2D eigenvalue weighted by Crippen LogP contribution is 2.11. The zero-order valence-electron chi connectivity index (χ0n) is 14.0. The van der Waals surface area contributed by atoms with Crippen LogP contribution < -0.4 is 5.32 Å². The van der Waals surface area contributed by atoms with E-state index in [1.165, 1.54) is 0 Å². The van der Waals surface area contributed by atoms with Crippen molar-refractivity contribution in [1.29, 1.82) is 0 Å². The highest BCUT2D eigenvalue weighted by atomic mass is 16.5. The van der Waals surface area contributed by atoms with E-state index >= 15 is 0 Å². The van der Waals surface area contributed by atoms with Crippen LogP contribution in [0.4, 0.5) is 0 Å². The molecule has 0 bridgehead atoms. The lowest BCUT2D eigenvalue weighted by Crippen LogP contribution is -2.36. The van der Waals surface area contributed by atoms with Crippen molar-refractivity contribution >= 4 is 5.97 Å². The van der Waals surface area contributed by atoms with Crippen molar-refractivity contribution < 1.29 is 14.6 Å². The minimum Gasteiger partial charge on any atom is -0.495 e. The van der Waals surface area contributed by atoms with Crippen molar-refractivity contribution in [3.8, 4) is 0 Å². The third kappa shape index (κ3) is 8.15. The molecule has 0 fully saturated rings. The van der Waals surface area contributed by atoms with E-state index in [4.69, 9.17) is 4.74 Å². The van der Waals surface area contributed by atoms with Crippen LogP contribution >= 0.6 is 0 Å². The highest BCUT2D eigenvalue weighted by Gasteiger charge is 2.18. The average molecular weight is 305 g/mol. The van der Waals surface area contributed by atoms with Gasteiger partial charge in [0.05, 0.1) is 6.61 Å². The molecule has 4 nitrogen and oxygen atoms in total. The minimum absolute atomic E-state index is 0.291. The number of rotatable bonds is 10. The van der Waals surface area contributed by atoms with Crippen LogP contribution in [0.15, 0.2) is 60.1 Å². The Labute approximate surface area is 133 Å². The first-order valence-corrected chi connectivity index (χ1v) is 7.28. The fourth-order valence-corrected chi connectivity index (χ4v) is 1.69. The van der Waals surface area contributed by atoms with E-state index in [1.807, 2.05) is 39.8 Å². The van der Waals surface area contributed by atoms with Gasteiger partial charge in [-0.25, -0.2) is 4.79 Å². The molecule has 0 heterocycles. The minimum atomic E-state index is -0.915. The Morgan fingerprint density at radius 3 is 2.36 bits per heavy atom. The molecule has 1 unspecified atom stereocenters. The van der Waals surface area contributed by atoms with Crippen LogP contribution in [0, 0.1) is 0 Å². The van der Waals surface area contributed by atoms with Gasteiger partial charge in [0.15, 0.2) is 0 Å². The Kier molecular flexibility index (Phi) is 9.43. The van der Waals surface area contributed by atoms with Crippen LogP contribution in [0.5, 0.6) is 0 Å². The van der Waals surface area contributed by atoms with E-state index in [0.29, 0.717) is 24.4 Å². The first-order valence-electron chi connectivity index (χ1n) is 7.28. The predicted molar refractivity (Wildman–Crippen MR) is 91.4 cm³/mol. The summed E-state index contributed by atoms with van der Waals surface area (Å²) >= 11 is 0. The number of ether oxygens (including phenoxy) is 1. The van der Waals surface area contributed by atoms with Crippen LogP contribution in [0.1, 0.15) is 34.1 Å². The van der Waals surface area contributed by atoms with E-state index in [9.17, 15) is 9.90 Å². The highest BCUT2D eigenvalue weighted by molar-refractivity contribution is 5.74. The van der Waals surface area contributed by atoms with Gasteiger partial charge < -0.3 is 15.2 Å². The van der Waals surface area contributed by atoms with E-state index in [2.05, 4.69) is 18.5 Å². The maximum absolute atomic E-state index is 11.4. The van der Waals surface area contributed by atoms with Crippen LogP contribution in [0.3, 0.4) is 0 Å². The molecule has 0 amide bonds. The monoisotopic (exact) mass is 305 g/mol. The fraction of sp³-hybridized carbons (Fsp3) is 0.389. The van der Waals surface area contributed by atoms with Gasteiger partial charge in [-0.3, -0.25) is 0 Å². The molecule has 4 heteroatoms. The first-order chi connectivity index (χ1) is 10.3. The van der Waals surface area contributed by atoms with E-state index in [1.54, 1.807) is 12.2 Å². The Morgan fingerprint density at radius 1 is 1.27 bits per heavy atom. The number of carboxylic acids is 1. The molecule has 122 valence electrons. The molecule has 0 saturated heterocycles. The van der Waals surface area contributed by atoms with Gasteiger partial charge in [0.1, 0.15) is 11.8 Å². The molecule has 0 radical (unpaired) electrons. The number of carboxylic acid groups (broad SMARTS) is 1. The van der Waals surface area contributed by atoms with Crippen LogP contribution in [0.2, 0.25) is 0 Å². The molecule has 0 saturated carbocycles. The topological polar surface area (TPSA) is 58.6 Å². The van der Waals surface area contributed by atoms with Crippen LogP contribution in [-0.2, 0) is 9.53 Å². The maximum Gasteiger partial charge on any atom is 0.326 e.